The van der Waals surface area contributed by atoms with Gasteiger partial charge in [-0.05, 0) is 41.8 Å². The molecule has 3 aromatic rings. The van der Waals surface area contributed by atoms with Gasteiger partial charge in [0.15, 0.2) is 18.1 Å². The Bertz CT molecular complexity index is 1490. The number of rotatable bonds is 2. The van der Waals surface area contributed by atoms with Crippen molar-refractivity contribution in [2.75, 3.05) is 39.9 Å². The zero-order chi connectivity index (χ0) is 30.5. The normalized spacial score (nSPS) is 20.2. The van der Waals surface area contributed by atoms with E-state index in [0.29, 0.717) is 55.3 Å². The summed E-state index contributed by atoms with van der Waals surface area (Å²) in [5, 5.41) is 9.37. The topological polar surface area (TPSA) is 136 Å². The summed E-state index contributed by atoms with van der Waals surface area (Å²) in [7, 11) is 1.53. The van der Waals surface area contributed by atoms with Crippen LogP contribution in [0.4, 0.5) is 0 Å². The number of benzene rings is 2. The smallest absolute Gasteiger partial charge is 0.274 e. The van der Waals surface area contributed by atoms with Gasteiger partial charge in [-0.3, -0.25) is 14.4 Å². The molecule has 2 atom stereocenters. The highest BCUT2D eigenvalue weighted by Gasteiger charge is 2.35. The summed E-state index contributed by atoms with van der Waals surface area (Å²) < 4.78 is 19.7. The van der Waals surface area contributed by atoms with Crippen molar-refractivity contribution in [1.29, 1.82) is 0 Å². The number of amides is 3. The Morgan fingerprint density at radius 1 is 0.978 bits per heavy atom. The number of halogens is 2. The van der Waals surface area contributed by atoms with Crippen LogP contribution in [0.15, 0.2) is 48.7 Å². The number of nitrogens with zero attached hydrogens (tertiary/aromatic N) is 3. The fourth-order valence-electron chi connectivity index (χ4n) is 5.82. The minimum absolute atomic E-state index is 0. The van der Waals surface area contributed by atoms with Crippen LogP contribution in [0.5, 0.6) is 17.2 Å². The zero-order valence-corrected chi connectivity index (χ0v) is 27.3. The molecule has 0 spiro atoms. The zero-order valence-electron chi connectivity index (χ0n) is 25.7. The van der Waals surface area contributed by atoms with Crippen LogP contribution >= 0.6 is 24.8 Å². The number of aryl methyl sites for hydroxylation is 1. The first kappa shape index (κ1) is 34.9. The first-order chi connectivity index (χ1) is 21.4. The standard InChI is InChI=1S/C32H38N6O6.2ClH/c1-42-28-16-21-4-8-27(28)43-20-31(40)36-24-18-38(32(41)25-19-37-15-13-33-12-10-29(37)35-25)14-11-26(24)44-23-6-2-22(3-7-23)17-34-30(39)9-5-21;;/h2-4,6-8,16,19,24,26,33H,5,9-15,17-18,20H2,1H3,(H,34,39)(H,36,40);2*1H/t24-,26-;;/m1../s1. The average Bonchev–Trinajstić information content (AvgIpc) is 3.32. The monoisotopic (exact) mass is 674 g/mol. The van der Waals surface area contributed by atoms with Crippen LogP contribution in [0.2, 0.25) is 0 Å². The van der Waals surface area contributed by atoms with Crippen LogP contribution < -0.4 is 30.2 Å². The van der Waals surface area contributed by atoms with Crippen molar-refractivity contribution in [1.82, 2.24) is 30.4 Å². The molecule has 7 heterocycles. The van der Waals surface area contributed by atoms with Gasteiger partial charge in [-0.25, -0.2) is 4.98 Å². The maximum absolute atomic E-state index is 13.6. The molecule has 0 radical (unpaired) electrons. The summed E-state index contributed by atoms with van der Waals surface area (Å²) in [6.45, 7) is 3.32. The third-order valence-electron chi connectivity index (χ3n) is 8.24. The lowest BCUT2D eigenvalue weighted by Gasteiger charge is -2.38. The molecule has 0 unspecified atom stereocenters. The number of piperidine rings is 1. The van der Waals surface area contributed by atoms with E-state index in [4.69, 9.17) is 14.2 Å². The Kier molecular flexibility index (Phi) is 12.1. The van der Waals surface area contributed by atoms with Crippen molar-refractivity contribution in [2.45, 2.75) is 50.9 Å². The number of fused-ring (bicyclic) bond motifs is 1. The maximum atomic E-state index is 13.6. The molecule has 46 heavy (non-hydrogen) atoms. The largest absolute Gasteiger partial charge is 0.493 e. The fraction of sp³-hybridized carbons (Fsp3) is 0.438. The van der Waals surface area contributed by atoms with Crippen molar-refractivity contribution in [2.24, 2.45) is 0 Å². The molecule has 1 aromatic heterocycles. The van der Waals surface area contributed by atoms with E-state index >= 15 is 0 Å². The number of nitrogens with one attached hydrogen (secondary N) is 3. The third kappa shape index (κ3) is 8.42. The molecule has 3 N–H and O–H groups in total. The Labute approximate surface area is 280 Å². The van der Waals surface area contributed by atoms with Crippen molar-refractivity contribution in [3.63, 3.8) is 0 Å². The molecule has 9 rings (SSSR count). The Morgan fingerprint density at radius 2 is 1.78 bits per heavy atom. The highest BCUT2D eigenvalue weighted by atomic mass is 35.5. The Morgan fingerprint density at radius 3 is 2.59 bits per heavy atom. The van der Waals surface area contributed by atoms with Crippen LogP contribution in [-0.2, 0) is 35.5 Å². The van der Waals surface area contributed by atoms with Crippen LogP contribution in [-0.4, -0.2) is 84.2 Å². The molecule has 4 bridgehead atoms. The number of aromatic nitrogens is 2. The van der Waals surface area contributed by atoms with Gasteiger partial charge in [-0.2, -0.15) is 0 Å². The van der Waals surface area contributed by atoms with Gasteiger partial charge < -0.3 is 39.6 Å². The molecular weight excluding hydrogens is 635 g/mol. The van der Waals surface area contributed by atoms with E-state index in [9.17, 15) is 14.4 Å². The van der Waals surface area contributed by atoms with E-state index in [-0.39, 0.29) is 61.8 Å². The summed E-state index contributed by atoms with van der Waals surface area (Å²) in [5.41, 5.74) is 2.29. The molecule has 0 aliphatic carbocycles. The Balaban J connectivity index is 0.00000240. The lowest BCUT2D eigenvalue weighted by molar-refractivity contribution is -0.125. The number of methoxy groups -OCH3 is 1. The highest BCUT2D eigenvalue weighted by Crippen LogP contribution is 2.29. The van der Waals surface area contributed by atoms with Gasteiger partial charge in [0.1, 0.15) is 23.4 Å². The number of ether oxygens (including phenoxy) is 3. The molecule has 6 aliphatic heterocycles. The molecule has 6 aliphatic rings. The molecule has 248 valence electrons. The van der Waals surface area contributed by atoms with Crippen molar-refractivity contribution in [3.05, 3.63) is 71.3 Å². The van der Waals surface area contributed by atoms with E-state index in [0.717, 1.165) is 43.0 Å². The molecule has 14 heteroatoms. The second-order valence-electron chi connectivity index (χ2n) is 11.3. The number of hydrogen-bond donors (Lipinski definition) is 3. The molecule has 1 saturated heterocycles. The lowest BCUT2D eigenvalue weighted by Crippen LogP contribution is -2.58. The average molecular weight is 676 g/mol. The predicted octanol–water partition coefficient (Wildman–Crippen LogP) is 2.30. The van der Waals surface area contributed by atoms with Crippen molar-refractivity contribution < 1.29 is 28.6 Å². The number of carbonyl (C=O) groups is 3. The second-order valence-corrected chi connectivity index (χ2v) is 11.3. The van der Waals surface area contributed by atoms with E-state index in [1.807, 2.05) is 47.2 Å². The van der Waals surface area contributed by atoms with Gasteiger partial charge in [-0.1, -0.05) is 18.2 Å². The number of likely N-dealkylation sites (tertiary alicyclic amines) is 1. The third-order valence-corrected chi connectivity index (χ3v) is 8.24. The summed E-state index contributed by atoms with van der Waals surface area (Å²) >= 11 is 0. The van der Waals surface area contributed by atoms with Gasteiger partial charge in [-0.15, -0.1) is 24.8 Å². The molecule has 12 nitrogen and oxygen atoms in total. The second kappa shape index (κ2) is 16.0. The maximum Gasteiger partial charge on any atom is 0.274 e. The van der Waals surface area contributed by atoms with Crippen LogP contribution in [0.3, 0.4) is 0 Å². The first-order valence-corrected chi connectivity index (χ1v) is 15.1. The molecule has 0 saturated carbocycles. The molecule has 3 amide bonds. The summed E-state index contributed by atoms with van der Waals surface area (Å²) in [6.07, 6.45) is 3.60. The summed E-state index contributed by atoms with van der Waals surface area (Å²) in [4.78, 5) is 45.6. The van der Waals surface area contributed by atoms with E-state index in [1.165, 1.54) is 7.11 Å². The van der Waals surface area contributed by atoms with Crippen LogP contribution in [0, 0.1) is 0 Å². The summed E-state index contributed by atoms with van der Waals surface area (Å²) in [6, 6.07) is 12.5. The first-order valence-electron chi connectivity index (χ1n) is 15.1. The molecule has 2 aromatic carbocycles. The number of imidazole rings is 1. The van der Waals surface area contributed by atoms with Gasteiger partial charge in [0.2, 0.25) is 5.91 Å². The fourth-order valence-corrected chi connectivity index (χ4v) is 5.82. The summed E-state index contributed by atoms with van der Waals surface area (Å²) in [5.74, 6) is 1.89. The van der Waals surface area contributed by atoms with Crippen LogP contribution in [0.25, 0.3) is 0 Å². The molecular formula is C32H40Cl2N6O6. The minimum Gasteiger partial charge on any atom is -0.493 e. The van der Waals surface area contributed by atoms with Gasteiger partial charge in [0, 0.05) is 64.7 Å². The lowest BCUT2D eigenvalue weighted by atomic mass is 10.0. The molecule has 1 fully saturated rings. The number of hydrogen-bond acceptors (Lipinski definition) is 8. The van der Waals surface area contributed by atoms with Gasteiger partial charge >= 0.3 is 0 Å². The van der Waals surface area contributed by atoms with Crippen LogP contribution in [0.1, 0.15) is 40.3 Å². The quantitative estimate of drug-likeness (QED) is 0.377. The Hall–Kier alpha value is -4.00. The predicted molar refractivity (Wildman–Crippen MR) is 175 cm³/mol. The number of carbonyl (C=O) groups excluding carboxylic acids is 3. The van der Waals surface area contributed by atoms with E-state index < -0.39 is 6.04 Å². The van der Waals surface area contributed by atoms with Crippen molar-refractivity contribution >= 4 is 42.5 Å². The van der Waals surface area contributed by atoms with Gasteiger partial charge in [0.05, 0.1) is 13.2 Å². The van der Waals surface area contributed by atoms with E-state index in [1.54, 1.807) is 11.0 Å². The minimum atomic E-state index is -0.484. The van der Waals surface area contributed by atoms with E-state index in [2.05, 4.69) is 20.9 Å². The van der Waals surface area contributed by atoms with Crippen molar-refractivity contribution in [3.8, 4) is 17.2 Å². The SMILES string of the molecule is COc1cc2ccc1OCC(=O)N[C@@H]1CN(C(=O)c3cn4c(n3)CCNCC4)CC[C@H]1Oc1ccc(cc1)CNC(=O)CC2.Cl.Cl. The van der Waals surface area contributed by atoms with Gasteiger partial charge in [0.25, 0.3) is 11.8 Å². The highest BCUT2D eigenvalue weighted by molar-refractivity contribution is 5.92.